The lowest BCUT2D eigenvalue weighted by Crippen LogP contribution is -2.00. The Bertz CT molecular complexity index is 559. The van der Waals surface area contributed by atoms with Crippen molar-refractivity contribution in [2.45, 2.75) is 6.92 Å². The average Bonchev–Trinajstić information content (AvgIpc) is 2.30. The molecule has 0 aliphatic heterocycles. The van der Waals surface area contributed by atoms with Gasteiger partial charge < -0.3 is 5.11 Å². The molecule has 0 saturated heterocycles. The molecule has 0 aromatic heterocycles. The van der Waals surface area contributed by atoms with Gasteiger partial charge in [0.2, 0.25) is 0 Å². The monoisotopic (exact) mass is 338 g/mol. The van der Waals surface area contributed by atoms with Gasteiger partial charge in [0.15, 0.2) is 0 Å². The van der Waals surface area contributed by atoms with Gasteiger partial charge in [-0.05, 0) is 46.7 Å². The second-order valence-electron chi connectivity index (χ2n) is 3.84. The van der Waals surface area contributed by atoms with Crippen LogP contribution in [0.25, 0.3) is 11.1 Å². The van der Waals surface area contributed by atoms with Crippen molar-refractivity contribution >= 4 is 28.6 Å². The first kappa shape index (κ1) is 12.1. The lowest BCUT2D eigenvalue weighted by Gasteiger charge is -2.07. The Kier molecular flexibility index (Phi) is 3.47. The van der Waals surface area contributed by atoms with Gasteiger partial charge in [-0.1, -0.05) is 42.0 Å². The van der Waals surface area contributed by atoms with Gasteiger partial charge in [-0.2, -0.15) is 0 Å². The predicted octanol–water partition coefficient (Wildman–Crippen LogP) is 3.96. The largest absolute Gasteiger partial charge is 0.478 e. The van der Waals surface area contributed by atoms with Crippen molar-refractivity contribution in [3.63, 3.8) is 0 Å². The smallest absolute Gasteiger partial charge is 0.336 e. The molecule has 2 nitrogen and oxygen atoms in total. The standard InChI is InChI=1S/C14H11IO2/c1-9-5-7-10(8-6-9)11-3-2-4-12(13(11)15)14(16)17/h2-8H,1H3,(H,16,17). The van der Waals surface area contributed by atoms with Gasteiger partial charge in [-0.3, -0.25) is 0 Å². The summed E-state index contributed by atoms with van der Waals surface area (Å²) in [5.41, 5.74) is 3.55. The van der Waals surface area contributed by atoms with Crippen LogP contribution in [-0.2, 0) is 0 Å². The molecule has 0 fully saturated rings. The Balaban J connectivity index is 2.56. The number of carboxylic acids is 1. The number of halogens is 1. The molecule has 1 N–H and O–H groups in total. The zero-order valence-electron chi connectivity index (χ0n) is 9.27. The Labute approximate surface area is 113 Å². The predicted molar refractivity (Wildman–Crippen MR) is 76.3 cm³/mol. The van der Waals surface area contributed by atoms with Gasteiger partial charge in [-0.15, -0.1) is 0 Å². The molecule has 0 unspecified atom stereocenters. The van der Waals surface area contributed by atoms with Crippen LogP contribution in [0.15, 0.2) is 42.5 Å². The van der Waals surface area contributed by atoms with E-state index in [2.05, 4.69) is 22.6 Å². The molecule has 0 heterocycles. The van der Waals surface area contributed by atoms with E-state index >= 15 is 0 Å². The number of carbonyl (C=O) groups is 1. The highest BCUT2D eigenvalue weighted by molar-refractivity contribution is 14.1. The Morgan fingerprint density at radius 1 is 1.12 bits per heavy atom. The van der Waals surface area contributed by atoms with Crippen LogP contribution < -0.4 is 0 Å². The summed E-state index contributed by atoms with van der Waals surface area (Å²) < 4.78 is 0.779. The summed E-state index contributed by atoms with van der Waals surface area (Å²) in [5, 5.41) is 9.08. The number of rotatable bonds is 2. The first-order valence-electron chi connectivity index (χ1n) is 5.18. The van der Waals surface area contributed by atoms with Crippen LogP contribution in [-0.4, -0.2) is 11.1 Å². The molecule has 0 saturated carbocycles. The summed E-state index contributed by atoms with van der Waals surface area (Å²) in [6.07, 6.45) is 0. The Hall–Kier alpha value is -1.36. The fourth-order valence-corrected chi connectivity index (χ4v) is 2.55. The number of aromatic carboxylic acids is 1. The molecule has 0 amide bonds. The average molecular weight is 338 g/mol. The van der Waals surface area contributed by atoms with E-state index < -0.39 is 5.97 Å². The third kappa shape index (κ3) is 2.49. The second kappa shape index (κ2) is 4.87. The Morgan fingerprint density at radius 3 is 2.35 bits per heavy atom. The SMILES string of the molecule is Cc1ccc(-c2cccc(C(=O)O)c2I)cc1. The number of hydrogen-bond acceptors (Lipinski definition) is 1. The van der Waals surface area contributed by atoms with Crippen molar-refractivity contribution in [2.24, 2.45) is 0 Å². The molecule has 2 aromatic carbocycles. The maximum atomic E-state index is 11.1. The van der Waals surface area contributed by atoms with E-state index in [1.54, 1.807) is 12.1 Å². The van der Waals surface area contributed by atoms with Crippen LogP contribution in [0.5, 0.6) is 0 Å². The summed E-state index contributed by atoms with van der Waals surface area (Å²) in [4.78, 5) is 11.1. The van der Waals surface area contributed by atoms with Crippen molar-refractivity contribution in [2.75, 3.05) is 0 Å². The molecule has 0 spiro atoms. The number of hydrogen-bond donors (Lipinski definition) is 1. The van der Waals surface area contributed by atoms with Crippen LogP contribution >= 0.6 is 22.6 Å². The minimum atomic E-state index is -0.886. The molecule has 17 heavy (non-hydrogen) atoms. The van der Waals surface area contributed by atoms with Crippen LogP contribution in [0, 0.1) is 10.5 Å². The Morgan fingerprint density at radius 2 is 1.76 bits per heavy atom. The first-order chi connectivity index (χ1) is 8.09. The number of aryl methyl sites for hydroxylation is 1. The van der Waals surface area contributed by atoms with Gasteiger partial charge in [0.25, 0.3) is 0 Å². The van der Waals surface area contributed by atoms with Crippen molar-refractivity contribution in [3.8, 4) is 11.1 Å². The lowest BCUT2D eigenvalue weighted by molar-refractivity contribution is 0.0696. The molecule has 0 atom stereocenters. The van der Waals surface area contributed by atoms with Gasteiger partial charge in [0.1, 0.15) is 0 Å². The molecule has 3 heteroatoms. The van der Waals surface area contributed by atoms with Gasteiger partial charge in [-0.25, -0.2) is 4.79 Å². The third-order valence-corrected chi connectivity index (χ3v) is 3.75. The zero-order chi connectivity index (χ0) is 12.4. The van der Waals surface area contributed by atoms with E-state index in [0.29, 0.717) is 5.56 Å². The highest BCUT2D eigenvalue weighted by Gasteiger charge is 2.12. The fraction of sp³-hybridized carbons (Fsp3) is 0.0714. The minimum absolute atomic E-state index is 0.351. The summed E-state index contributed by atoms with van der Waals surface area (Å²) in [6.45, 7) is 2.03. The third-order valence-electron chi connectivity index (χ3n) is 2.59. The maximum Gasteiger partial charge on any atom is 0.336 e. The lowest BCUT2D eigenvalue weighted by atomic mass is 10.0. The minimum Gasteiger partial charge on any atom is -0.478 e. The van der Waals surface area contributed by atoms with E-state index in [-0.39, 0.29) is 0 Å². The molecule has 2 rings (SSSR count). The molecule has 0 bridgehead atoms. The van der Waals surface area contributed by atoms with Crippen molar-refractivity contribution in [1.29, 1.82) is 0 Å². The van der Waals surface area contributed by atoms with Crippen molar-refractivity contribution in [3.05, 3.63) is 57.2 Å². The molecule has 86 valence electrons. The van der Waals surface area contributed by atoms with Crippen molar-refractivity contribution < 1.29 is 9.90 Å². The van der Waals surface area contributed by atoms with Crippen LogP contribution in [0.4, 0.5) is 0 Å². The first-order valence-corrected chi connectivity index (χ1v) is 6.26. The summed E-state index contributed by atoms with van der Waals surface area (Å²) in [6, 6.07) is 13.4. The summed E-state index contributed by atoms with van der Waals surface area (Å²) in [5.74, 6) is -0.886. The van der Waals surface area contributed by atoms with E-state index in [0.717, 1.165) is 14.7 Å². The number of carboxylic acid groups (broad SMARTS) is 1. The molecule has 0 aliphatic carbocycles. The van der Waals surface area contributed by atoms with Gasteiger partial charge in [0, 0.05) is 3.57 Å². The molecular weight excluding hydrogens is 327 g/mol. The topological polar surface area (TPSA) is 37.3 Å². The maximum absolute atomic E-state index is 11.1. The normalized spacial score (nSPS) is 10.2. The highest BCUT2D eigenvalue weighted by atomic mass is 127. The van der Waals surface area contributed by atoms with Crippen LogP contribution in [0.3, 0.4) is 0 Å². The quantitative estimate of drug-likeness (QED) is 0.842. The fourth-order valence-electron chi connectivity index (χ4n) is 1.65. The van der Waals surface area contributed by atoms with Crippen molar-refractivity contribution in [1.82, 2.24) is 0 Å². The molecular formula is C14H11IO2. The van der Waals surface area contributed by atoms with E-state index in [4.69, 9.17) is 5.11 Å². The van der Waals surface area contributed by atoms with Gasteiger partial charge >= 0.3 is 5.97 Å². The summed E-state index contributed by atoms with van der Waals surface area (Å²) >= 11 is 2.09. The van der Waals surface area contributed by atoms with E-state index in [1.165, 1.54) is 5.56 Å². The summed E-state index contributed by atoms with van der Waals surface area (Å²) in [7, 11) is 0. The molecule has 0 radical (unpaired) electrons. The van der Waals surface area contributed by atoms with E-state index in [1.807, 2.05) is 37.3 Å². The number of benzene rings is 2. The zero-order valence-corrected chi connectivity index (χ0v) is 11.4. The van der Waals surface area contributed by atoms with Gasteiger partial charge in [0.05, 0.1) is 5.56 Å². The molecule has 2 aromatic rings. The van der Waals surface area contributed by atoms with Crippen LogP contribution in [0.1, 0.15) is 15.9 Å². The van der Waals surface area contributed by atoms with E-state index in [9.17, 15) is 4.79 Å². The highest BCUT2D eigenvalue weighted by Crippen LogP contribution is 2.28. The van der Waals surface area contributed by atoms with Crippen LogP contribution in [0.2, 0.25) is 0 Å². The second-order valence-corrected chi connectivity index (χ2v) is 4.92. The molecule has 0 aliphatic rings.